The average Bonchev–Trinajstić information content (AvgIpc) is 2.39. The molecule has 1 aromatic rings. The normalized spacial score (nSPS) is 11.2. The molecule has 0 fully saturated rings. The number of halogens is 3. The van der Waals surface area contributed by atoms with Crippen molar-refractivity contribution in [2.45, 2.75) is 32.4 Å². The first kappa shape index (κ1) is 17.1. The Morgan fingerprint density at radius 2 is 2.05 bits per heavy atom. The number of benzene rings is 1. The predicted octanol–water partition coefficient (Wildman–Crippen LogP) is 3.59. The number of unbranched alkanes of at least 4 members (excludes halogenated alkanes) is 1. The number of esters is 1. The zero-order valence-corrected chi connectivity index (χ0v) is 11.8. The Morgan fingerprint density at radius 1 is 1.33 bits per heavy atom. The van der Waals surface area contributed by atoms with Crippen molar-refractivity contribution in [2.24, 2.45) is 0 Å². The number of nitrogens with one attached hydrogen (secondary N) is 1. The Balaban J connectivity index is 2.49. The molecule has 0 aliphatic rings. The zero-order valence-electron chi connectivity index (χ0n) is 11.8. The molecule has 0 saturated heterocycles. The molecule has 4 nitrogen and oxygen atoms in total. The van der Waals surface area contributed by atoms with Crippen LogP contribution >= 0.6 is 0 Å². The summed E-state index contributed by atoms with van der Waals surface area (Å²) in [4.78, 5) is 11.6. The molecule has 0 amide bonds. The van der Waals surface area contributed by atoms with Gasteiger partial charge in [-0.2, -0.15) is 13.2 Å². The minimum atomic E-state index is -4.11. The van der Waals surface area contributed by atoms with Crippen LogP contribution < -0.4 is 11.1 Å². The maximum atomic E-state index is 12.0. The van der Waals surface area contributed by atoms with E-state index in [1.807, 2.05) is 0 Å². The van der Waals surface area contributed by atoms with Crippen LogP contribution in [0.3, 0.4) is 0 Å². The molecule has 0 saturated carbocycles. The number of hydrogen-bond donors (Lipinski definition) is 2. The molecule has 0 bridgehead atoms. The number of rotatable bonds is 7. The van der Waals surface area contributed by atoms with Gasteiger partial charge in [0.15, 0.2) is 0 Å². The van der Waals surface area contributed by atoms with Crippen LogP contribution in [0, 0.1) is 0 Å². The molecule has 0 aliphatic heterocycles. The van der Waals surface area contributed by atoms with Crippen LogP contribution in [0.25, 0.3) is 0 Å². The molecule has 0 heterocycles. The molecule has 0 aliphatic carbocycles. The van der Waals surface area contributed by atoms with Gasteiger partial charge in [0.25, 0.3) is 0 Å². The Morgan fingerprint density at radius 3 is 2.67 bits per heavy atom. The standard InChI is InChI=1S/C14H19F3N2O2/c1-2-21-13(20)11-9-10(5-6-12(11)18)19-8-4-3-7-14(15,16)17/h5-6,9,19H,2-4,7-8,18H2,1H3. The lowest BCUT2D eigenvalue weighted by Gasteiger charge is -2.10. The molecular formula is C14H19F3N2O2. The van der Waals surface area contributed by atoms with Gasteiger partial charge in [-0.05, 0) is 38.0 Å². The molecule has 0 spiro atoms. The van der Waals surface area contributed by atoms with Gasteiger partial charge >= 0.3 is 12.1 Å². The van der Waals surface area contributed by atoms with Gasteiger partial charge in [-0.3, -0.25) is 0 Å². The fourth-order valence-corrected chi connectivity index (χ4v) is 1.74. The number of hydrogen-bond acceptors (Lipinski definition) is 4. The van der Waals surface area contributed by atoms with Gasteiger partial charge in [0, 0.05) is 24.3 Å². The second-order valence-corrected chi connectivity index (χ2v) is 4.52. The topological polar surface area (TPSA) is 64.3 Å². The summed E-state index contributed by atoms with van der Waals surface area (Å²) in [6, 6.07) is 4.77. The fourth-order valence-electron chi connectivity index (χ4n) is 1.74. The SMILES string of the molecule is CCOC(=O)c1cc(NCCCCC(F)(F)F)ccc1N. The number of carbonyl (C=O) groups is 1. The Bertz CT molecular complexity index is 476. The van der Waals surface area contributed by atoms with Crippen molar-refractivity contribution in [1.82, 2.24) is 0 Å². The highest BCUT2D eigenvalue weighted by Gasteiger charge is 2.25. The summed E-state index contributed by atoms with van der Waals surface area (Å²) in [5.41, 5.74) is 6.86. The second-order valence-electron chi connectivity index (χ2n) is 4.52. The molecule has 7 heteroatoms. The van der Waals surface area contributed by atoms with E-state index in [-0.39, 0.29) is 18.6 Å². The van der Waals surface area contributed by atoms with Gasteiger partial charge in [-0.1, -0.05) is 0 Å². The quantitative estimate of drug-likeness (QED) is 0.459. The first-order valence-electron chi connectivity index (χ1n) is 6.70. The van der Waals surface area contributed by atoms with Gasteiger partial charge in [0.2, 0.25) is 0 Å². The summed E-state index contributed by atoms with van der Waals surface area (Å²) in [5, 5.41) is 2.96. The van der Waals surface area contributed by atoms with Crippen LogP contribution in [0.5, 0.6) is 0 Å². The highest BCUT2D eigenvalue weighted by atomic mass is 19.4. The lowest BCUT2D eigenvalue weighted by atomic mass is 10.1. The van der Waals surface area contributed by atoms with Gasteiger partial charge in [0.1, 0.15) is 0 Å². The number of anilines is 2. The van der Waals surface area contributed by atoms with Crippen LogP contribution in [0.4, 0.5) is 24.5 Å². The fraction of sp³-hybridized carbons (Fsp3) is 0.500. The average molecular weight is 304 g/mol. The summed E-state index contributed by atoms with van der Waals surface area (Å²) >= 11 is 0. The summed E-state index contributed by atoms with van der Waals surface area (Å²) in [5.74, 6) is -0.518. The van der Waals surface area contributed by atoms with E-state index in [1.165, 1.54) is 6.07 Å². The highest BCUT2D eigenvalue weighted by molar-refractivity contribution is 5.96. The van der Waals surface area contributed by atoms with Gasteiger partial charge in [-0.25, -0.2) is 4.79 Å². The van der Waals surface area contributed by atoms with E-state index in [2.05, 4.69) is 5.32 Å². The third kappa shape index (κ3) is 6.37. The summed E-state index contributed by atoms with van der Waals surface area (Å²) in [6.07, 6.45) is -4.45. The van der Waals surface area contributed by atoms with Gasteiger partial charge in [-0.15, -0.1) is 0 Å². The molecule has 21 heavy (non-hydrogen) atoms. The van der Waals surface area contributed by atoms with Crippen LogP contribution in [0.1, 0.15) is 36.5 Å². The Hall–Kier alpha value is -1.92. The van der Waals surface area contributed by atoms with Crippen LogP contribution in [0.15, 0.2) is 18.2 Å². The van der Waals surface area contributed by atoms with E-state index in [4.69, 9.17) is 10.5 Å². The van der Waals surface area contributed by atoms with Crippen molar-refractivity contribution >= 4 is 17.3 Å². The number of carbonyl (C=O) groups excluding carboxylic acids is 1. The summed E-state index contributed by atoms with van der Waals surface area (Å²) in [7, 11) is 0. The molecule has 0 unspecified atom stereocenters. The lowest BCUT2D eigenvalue weighted by Crippen LogP contribution is -2.10. The summed E-state index contributed by atoms with van der Waals surface area (Å²) < 4.78 is 40.8. The molecule has 1 rings (SSSR count). The number of nitrogens with two attached hydrogens (primary N) is 1. The smallest absolute Gasteiger partial charge is 0.389 e. The largest absolute Gasteiger partial charge is 0.462 e. The highest BCUT2D eigenvalue weighted by Crippen LogP contribution is 2.22. The first-order chi connectivity index (χ1) is 9.83. The van der Waals surface area contributed by atoms with Crippen molar-refractivity contribution in [1.29, 1.82) is 0 Å². The van der Waals surface area contributed by atoms with E-state index in [0.29, 0.717) is 24.3 Å². The van der Waals surface area contributed by atoms with Crippen LogP contribution in [-0.2, 0) is 4.74 Å². The van der Waals surface area contributed by atoms with Crippen molar-refractivity contribution in [3.63, 3.8) is 0 Å². The van der Waals surface area contributed by atoms with Gasteiger partial charge in [0.05, 0.1) is 12.2 Å². The monoisotopic (exact) mass is 304 g/mol. The van der Waals surface area contributed by atoms with E-state index in [9.17, 15) is 18.0 Å². The second kappa shape index (κ2) is 7.75. The minimum absolute atomic E-state index is 0.0657. The lowest BCUT2D eigenvalue weighted by molar-refractivity contribution is -0.135. The molecular weight excluding hydrogens is 285 g/mol. The third-order valence-electron chi connectivity index (χ3n) is 2.76. The maximum Gasteiger partial charge on any atom is 0.389 e. The third-order valence-corrected chi connectivity index (χ3v) is 2.76. The van der Waals surface area contributed by atoms with E-state index in [0.717, 1.165) is 0 Å². The molecule has 0 radical (unpaired) electrons. The zero-order chi connectivity index (χ0) is 15.9. The van der Waals surface area contributed by atoms with E-state index in [1.54, 1.807) is 19.1 Å². The molecule has 3 N–H and O–H groups in total. The van der Waals surface area contributed by atoms with Crippen molar-refractivity contribution in [3.8, 4) is 0 Å². The van der Waals surface area contributed by atoms with E-state index < -0.39 is 18.6 Å². The molecule has 118 valence electrons. The summed E-state index contributed by atoms with van der Waals surface area (Å²) in [6.45, 7) is 2.33. The Kier molecular flexibility index (Phi) is 6.33. The number of ether oxygens (including phenoxy) is 1. The molecule has 0 aromatic heterocycles. The van der Waals surface area contributed by atoms with E-state index >= 15 is 0 Å². The molecule has 1 aromatic carbocycles. The van der Waals surface area contributed by atoms with Crippen molar-refractivity contribution in [2.75, 3.05) is 24.2 Å². The molecule has 0 atom stereocenters. The predicted molar refractivity (Wildman–Crippen MR) is 75.2 cm³/mol. The minimum Gasteiger partial charge on any atom is -0.462 e. The van der Waals surface area contributed by atoms with Crippen LogP contribution in [-0.4, -0.2) is 25.3 Å². The van der Waals surface area contributed by atoms with Crippen LogP contribution in [0.2, 0.25) is 0 Å². The number of alkyl halides is 3. The maximum absolute atomic E-state index is 12.0. The Labute approximate surface area is 121 Å². The van der Waals surface area contributed by atoms with Gasteiger partial charge < -0.3 is 15.8 Å². The number of nitrogen functional groups attached to an aromatic ring is 1. The van der Waals surface area contributed by atoms with Crippen molar-refractivity contribution < 1.29 is 22.7 Å². The van der Waals surface area contributed by atoms with Crippen molar-refractivity contribution in [3.05, 3.63) is 23.8 Å². The first-order valence-corrected chi connectivity index (χ1v) is 6.70.